The number of rotatable bonds is 7. The maximum Gasteiger partial charge on any atom is 0.0661 e. The number of hydrogen-bond donors (Lipinski definition) is 1. The van der Waals surface area contributed by atoms with E-state index in [9.17, 15) is 0 Å². The van der Waals surface area contributed by atoms with Crippen molar-refractivity contribution < 1.29 is 4.74 Å². The van der Waals surface area contributed by atoms with Crippen molar-refractivity contribution in [2.45, 2.75) is 58.9 Å². The van der Waals surface area contributed by atoms with Crippen molar-refractivity contribution in [3.8, 4) is 0 Å². The maximum absolute atomic E-state index is 6.14. The summed E-state index contributed by atoms with van der Waals surface area (Å²) >= 11 is 0. The van der Waals surface area contributed by atoms with Crippen molar-refractivity contribution in [3.05, 3.63) is 0 Å². The summed E-state index contributed by atoms with van der Waals surface area (Å²) in [6.45, 7) is 13.0. The Morgan fingerprint density at radius 3 is 2.05 bits per heavy atom. The van der Waals surface area contributed by atoms with Gasteiger partial charge < -0.3 is 10.5 Å². The molecule has 3 heteroatoms. The van der Waals surface area contributed by atoms with E-state index in [0.717, 1.165) is 6.61 Å². The summed E-state index contributed by atoms with van der Waals surface area (Å²) in [5.41, 5.74) is 6.72. The molecule has 1 aliphatic heterocycles. The lowest BCUT2D eigenvalue weighted by molar-refractivity contribution is -0.0493. The standard InChI is InChI=1S/C16H34N2O/c1-6-15(7-2)8-10-18(11-9-15)16(12-17,13-19-5)14(3)4/h14H,6-13,17H2,1-5H3. The molecule has 1 saturated heterocycles. The Labute approximate surface area is 119 Å². The monoisotopic (exact) mass is 270 g/mol. The van der Waals surface area contributed by atoms with Gasteiger partial charge in [-0.25, -0.2) is 0 Å². The Hall–Kier alpha value is -0.120. The van der Waals surface area contributed by atoms with Crippen molar-refractivity contribution in [3.63, 3.8) is 0 Å². The fraction of sp³-hybridized carbons (Fsp3) is 1.00. The molecule has 0 bridgehead atoms. The highest BCUT2D eigenvalue weighted by Gasteiger charge is 2.42. The van der Waals surface area contributed by atoms with E-state index in [1.807, 2.05) is 0 Å². The van der Waals surface area contributed by atoms with Crippen molar-refractivity contribution in [2.75, 3.05) is 33.4 Å². The Morgan fingerprint density at radius 1 is 1.21 bits per heavy atom. The molecule has 1 unspecified atom stereocenters. The highest BCUT2D eigenvalue weighted by molar-refractivity contribution is 4.98. The van der Waals surface area contributed by atoms with Gasteiger partial charge in [-0.2, -0.15) is 0 Å². The van der Waals surface area contributed by atoms with E-state index in [0.29, 0.717) is 17.9 Å². The van der Waals surface area contributed by atoms with E-state index in [2.05, 4.69) is 32.6 Å². The average Bonchev–Trinajstić information content (AvgIpc) is 2.44. The number of nitrogens with two attached hydrogens (primary N) is 1. The lowest BCUT2D eigenvalue weighted by Gasteiger charge is -2.51. The Morgan fingerprint density at radius 2 is 1.74 bits per heavy atom. The third-order valence-electron chi connectivity index (χ3n) is 5.78. The number of ether oxygens (including phenoxy) is 1. The van der Waals surface area contributed by atoms with Gasteiger partial charge >= 0.3 is 0 Å². The van der Waals surface area contributed by atoms with Crippen molar-refractivity contribution in [1.29, 1.82) is 0 Å². The molecule has 0 radical (unpaired) electrons. The Bertz CT molecular complexity index is 253. The summed E-state index contributed by atoms with van der Waals surface area (Å²) in [6.07, 6.45) is 5.22. The molecular formula is C16H34N2O. The molecular weight excluding hydrogens is 236 g/mol. The molecule has 0 aliphatic carbocycles. The highest BCUT2D eigenvalue weighted by Crippen LogP contribution is 2.40. The highest BCUT2D eigenvalue weighted by atomic mass is 16.5. The summed E-state index contributed by atoms with van der Waals surface area (Å²) in [4.78, 5) is 2.60. The second kappa shape index (κ2) is 7.05. The smallest absolute Gasteiger partial charge is 0.0661 e. The van der Waals surface area contributed by atoms with Crippen LogP contribution in [0.5, 0.6) is 0 Å². The molecule has 1 rings (SSSR count). The average molecular weight is 270 g/mol. The zero-order valence-electron chi connectivity index (χ0n) is 13.7. The third kappa shape index (κ3) is 3.32. The molecule has 0 amide bonds. The van der Waals surface area contributed by atoms with Crippen molar-refractivity contribution in [2.24, 2.45) is 17.1 Å². The summed E-state index contributed by atoms with van der Waals surface area (Å²) in [7, 11) is 1.79. The molecule has 0 aromatic rings. The summed E-state index contributed by atoms with van der Waals surface area (Å²) in [5, 5.41) is 0. The second-order valence-corrected chi connectivity index (χ2v) is 6.59. The molecule has 1 atom stereocenters. The van der Waals surface area contributed by atoms with E-state index in [4.69, 9.17) is 10.5 Å². The van der Waals surface area contributed by atoms with Crippen molar-refractivity contribution in [1.82, 2.24) is 4.90 Å². The van der Waals surface area contributed by atoms with E-state index >= 15 is 0 Å². The summed E-state index contributed by atoms with van der Waals surface area (Å²) in [5.74, 6) is 0.521. The fourth-order valence-electron chi connectivity index (χ4n) is 3.68. The number of hydrogen-bond acceptors (Lipinski definition) is 3. The van der Waals surface area contributed by atoms with Gasteiger partial charge in [-0.1, -0.05) is 40.5 Å². The molecule has 1 heterocycles. The predicted molar refractivity (Wildman–Crippen MR) is 82.3 cm³/mol. The van der Waals surface area contributed by atoms with Crippen LogP contribution < -0.4 is 5.73 Å². The topological polar surface area (TPSA) is 38.5 Å². The van der Waals surface area contributed by atoms with Crippen LogP contribution in [0.4, 0.5) is 0 Å². The lowest BCUT2D eigenvalue weighted by atomic mass is 9.72. The van der Waals surface area contributed by atoms with Gasteiger partial charge in [0.25, 0.3) is 0 Å². The van der Waals surface area contributed by atoms with Gasteiger partial charge in [0, 0.05) is 13.7 Å². The summed E-state index contributed by atoms with van der Waals surface area (Å²) in [6, 6.07) is 0. The number of piperidine rings is 1. The zero-order chi connectivity index (χ0) is 14.5. The van der Waals surface area contributed by atoms with Crippen LogP contribution in [0.15, 0.2) is 0 Å². The second-order valence-electron chi connectivity index (χ2n) is 6.59. The van der Waals surface area contributed by atoms with E-state index < -0.39 is 0 Å². The van der Waals surface area contributed by atoms with Crippen LogP contribution in [0, 0.1) is 11.3 Å². The number of nitrogens with zero attached hydrogens (tertiary/aromatic N) is 1. The SMILES string of the molecule is CCC1(CC)CCN(C(CN)(COC)C(C)C)CC1. The molecule has 114 valence electrons. The molecule has 19 heavy (non-hydrogen) atoms. The quantitative estimate of drug-likeness (QED) is 0.773. The van der Waals surface area contributed by atoms with Crippen LogP contribution in [0.25, 0.3) is 0 Å². The minimum atomic E-state index is 0.0163. The Kier molecular flexibility index (Phi) is 6.28. The van der Waals surface area contributed by atoms with E-state index in [1.54, 1.807) is 7.11 Å². The van der Waals surface area contributed by atoms with Crippen LogP contribution in [0.3, 0.4) is 0 Å². The molecule has 1 aliphatic rings. The van der Waals surface area contributed by atoms with Gasteiger partial charge in [0.1, 0.15) is 0 Å². The Balaban J connectivity index is 2.80. The minimum absolute atomic E-state index is 0.0163. The lowest BCUT2D eigenvalue weighted by Crippen LogP contribution is -2.62. The first kappa shape index (κ1) is 16.9. The molecule has 2 N–H and O–H groups in total. The largest absolute Gasteiger partial charge is 0.383 e. The molecule has 3 nitrogen and oxygen atoms in total. The first-order valence-corrected chi connectivity index (χ1v) is 7.94. The molecule has 0 spiro atoms. The van der Waals surface area contributed by atoms with Gasteiger partial charge in [0.05, 0.1) is 12.1 Å². The normalized spacial score (nSPS) is 23.5. The van der Waals surface area contributed by atoms with Crippen LogP contribution >= 0.6 is 0 Å². The van der Waals surface area contributed by atoms with Crippen molar-refractivity contribution >= 4 is 0 Å². The van der Waals surface area contributed by atoms with E-state index in [1.165, 1.54) is 38.8 Å². The van der Waals surface area contributed by atoms with Gasteiger partial charge in [0.2, 0.25) is 0 Å². The molecule has 1 fully saturated rings. The first-order valence-electron chi connectivity index (χ1n) is 7.94. The maximum atomic E-state index is 6.14. The van der Waals surface area contributed by atoms with Crippen LogP contribution in [0.1, 0.15) is 53.4 Å². The van der Waals surface area contributed by atoms with Crippen LogP contribution in [-0.2, 0) is 4.74 Å². The van der Waals surface area contributed by atoms with Crippen LogP contribution in [0.2, 0.25) is 0 Å². The van der Waals surface area contributed by atoms with Crippen LogP contribution in [-0.4, -0.2) is 43.8 Å². The fourth-order valence-corrected chi connectivity index (χ4v) is 3.68. The predicted octanol–water partition coefficient (Wildman–Crippen LogP) is 2.89. The van der Waals surface area contributed by atoms with Gasteiger partial charge in [-0.3, -0.25) is 4.90 Å². The number of likely N-dealkylation sites (tertiary alicyclic amines) is 1. The first-order chi connectivity index (χ1) is 9.00. The van der Waals surface area contributed by atoms with Gasteiger partial charge in [0.15, 0.2) is 0 Å². The third-order valence-corrected chi connectivity index (χ3v) is 5.78. The van der Waals surface area contributed by atoms with E-state index in [-0.39, 0.29) is 5.54 Å². The van der Waals surface area contributed by atoms with Gasteiger partial charge in [-0.15, -0.1) is 0 Å². The summed E-state index contributed by atoms with van der Waals surface area (Å²) < 4.78 is 5.50. The number of methoxy groups -OCH3 is 1. The molecule has 0 aromatic carbocycles. The zero-order valence-corrected chi connectivity index (χ0v) is 13.7. The molecule has 0 aromatic heterocycles. The molecule has 0 saturated carbocycles. The van der Waals surface area contributed by atoms with Gasteiger partial charge in [-0.05, 0) is 37.3 Å². The minimum Gasteiger partial charge on any atom is -0.383 e.